The summed E-state index contributed by atoms with van der Waals surface area (Å²) in [6.45, 7) is 26.7. The Balaban J connectivity index is 1.35. The standard InChI is InChI=1S/C41H60N4O3/c1-30(12-10-22-45(6)29-31-13-8-7-9-14-31)34-15-16-35-39-36(28-38(41(34,35)3)48-25-21-44-5)40(2)18-17-33(46-24-20-43-4)26-32(40)27-37(39)47-23-11-19-42/h7-9,13-14,30,32-39H,10-12,15-18,20-29H2,1-3,6H3/t30-,32+,33?,34-,35+,36+,37-,38+,39+,40+,41-/m1/s1. The van der Waals surface area contributed by atoms with Gasteiger partial charge in [-0.05, 0) is 118 Å². The van der Waals surface area contributed by atoms with E-state index in [1.54, 1.807) is 0 Å². The molecule has 0 radical (unpaired) electrons. The van der Waals surface area contributed by atoms with Gasteiger partial charge >= 0.3 is 0 Å². The molecule has 7 heteroatoms. The predicted molar refractivity (Wildman–Crippen MR) is 190 cm³/mol. The average molecular weight is 657 g/mol. The lowest BCUT2D eigenvalue weighted by Crippen LogP contribution is -2.63. The van der Waals surface area contributed by atoms with Gasteiger partial charge in [0, 0.05) is 12.0 Å². The van der Waals surface area contributed by atoms with E-state index in [0.717, 1.165) is 45.2 Å². The molecule has 0 N–H and O–H groups in total. The minimum absolute atomic E-state index is 0.0403. The fourth-order valence-electron chi connectivity index (χ4n) is 11.3. The Bertz CT molecular complexity index is 1290. The van der Waals surface area contributed by atoms with Gasteiger partial charge in [0.05, 0.1) is 37.4 Å². The fraction of sp³-hybridized carbons (Fsp3) is 0.780. The molecular formula is C41H60N4O3. The van der Waals surface area contributed by atoms with E-state index >= 15 is 0 Å². The van der Waals surface area contributed by atoms with Crippen molar-refractivity contribution in [1.29, 1.82) is 5.26 Å². The van der Waals surface area contributed by atoms with Gasteiger partial charge in [-0.1, -0.05) is 51.1 Å². The minimum Gasteiger partial charge on any atom is -0.377 e. The maximum atomic E-state index is 9.39. The lowest BCUT2D eigenvalue weighted by molar-refractivity contribution is -0.226. The molecular weight excluding hydrogens is 596 g/mol. The number of ether oxygens (including phenoxy) is 3. The van der Waals surface area contributed by atoms with Crippen molar-refractivity contribution in [3.63, 3.8) is 0 Å². The van der Waals surface area contributed by atoms with E-state index in [1.165, 1.54) is 31.2 Å². The lowest BCUT2D eigenvalue weighted by Gasteiger charge is -2.64. The fourth-order valence-corrected chi connectivity index (χ4v) is 11.3. The number of benzene rings is 1. The van der Waals surface area contributed by atoms with E-state index in [0.29, 0.717) is 74.8 Å². The molecule has 4 saturated carbocycles. The topological polar surface area (TPSA) is 63.4 Å². The summed E-state index contributed by atoms with van der Waals surface area (Å²) in [6, 6.07) is 13.1. The van der Waals surface area contributed by atoms with Gasteiger partial charge in [0.15, 0.2) is 0 Å². The third-order valence-electron chi connectivity index (χ3n) is 13.6. The number of fused-ring (bicyclic) bond motifs is 5. The van der Waals surface area contributed by atoms with Crippen LogP contribution in [0.15, 0.2) is 30.3 Å². The monoisotopic (exact) mass is 656 g/mol. The smallest absolute Gasteiger partial charge is 0.237 e. The van der Waals surface area contributed by atoms with Gasteiger partial charge in [-0.3, -0.25) is 0 Å². The summed E-state index contributed by atoms with van der Waals surface area (Å²) in [7, 11) is 2.24. The number of hydrogen-bond acceptors (Lipinski definition) is 5. The van der Waals surface area contributed by atoms with Crippen molar-refractivity contribution in [2.75, 3.05) is 46.5 Å². The number of nitriles is 1. The Kier molecular flexibility index (Phi) is 13.0. The van der Waals surface area contributed by atoms with Crippen LogP contribution in [0.5, 0.6) is 0 Å². The van der Waals surface area contributed by atoms with E-state index in [4.69, 9.17) is 27.4 Å². The second kappa shape index (κ2) is 17.0. The summed E-state index contributed by atoms with van der Waals surface area (Å²) >= 11 is 0. The van der Waals surface area contributed by atoms with Crippen LogP contribution in [-0.4, -0.2) is 69.7 Å². The normalized spacial score (nSPS) is 36.2. The SMILES string of the molecule is [C-]#[N+]CCOC1CC[C@@]2(C)[C@@H](C1)C[C@@H](OCCC#N)[C@@H]1[C@@H]2C[C@H](OCC[N+]#[C-])[C@]2(C)[C@@H]([C@H](C)CCCN(C)Cc3ccccc3)CC[C@@H]12. The number of nitrogens with zero attached hydrogens (tertiary/aromatic N) is 4. The molecule has 1 aromatic rings. The van der Waals surface area contributed by atoms with Crippen LogP contribution in [0.1, 0.15) is 90.5 Å². The molecule has 1 unspecified atom stereocenters. The first-order valence-corrected chi connectivity index (χ1v) is 18.9. The van der Waals surface area contributed by atoms with Crippen LogP contribution in [0.3, 0.4) is 0 Å². The quantitative estimate of drug-likeness (QED) is 0.132. The molecule has 1 aromatic carbocycles. The highest BCUT2D eigenvalue weighted by atomic mass is 16.5. The van der Waals surface area contributed by atoms with Crippen LogP contribution in [0, 0.1) is 70.8 Å². The van der Waals surface area contributed by atoms with Crippen molar-refractivity contribution in [2.45, 2.75) is 110 Å². The van der Waals surface area contributed by atoms with Crippen molar-refractivity contribution >= 4 is 0 Å². The van der Waals surface area contributed by atoms with Gasteiger partial charge in [-0.15, -0.1) is 0 Å². The Labute approximate surface area is 291 Å². The highest BCUT2D eigenvalue weighted by molar-refractivity contribution is 5.16. The third kappa shape index (κ3) is 7.95. The molecule has 0 heterocycles. The molecule has 5 rings (SSSR count). The molecule has 7 nitrogen and oxygen atoms in total. The molecule has 0 spiro atoms. The van der Waals surface area contributed by atoms with Crippen LogP contribution in [0.4, 0.5) is 0 Å². The lowest BCUT2D eigenvalue weighted by atomic mass is 9.43. The van der Waals surface area contributed by atoms with Crippen LogP contribution in [0.25, 0.3) is 9.69 Å². The molecule has 0 aromatic heterocycles. The summed E-state index contributed by atoms with van der Waals surface area (Å²) in [4.78, 5) is 9.62. The first-order chi connectivity index (χ1) is 23.3. The average Bonchev–Trinajstić information content (AvgIpc) is 3.44. The summed E-state index contributed by atoms with van der Waals surface area (Å²) < 4.78 is 19.8. The van der Waals surface area contributed by atoms with Crippen molar-refractivity contribution in [2.24, 2.45) is 46.3 Å². The molecule has 0 saturated heterocycles. The second-order valence-electron chi connectivity index (χ2n) is 16.1. The number of hydrogen-bond donors (Lipinski definition) is 0. The maximum Gasteiger partial charge on any atom is 0.237 e. The minimum atomic E-state index is 0.0403. The number of rotatable bonds is 16. The van der Waals surface area contributed by atoms with E-state index in [2.05, 4.69) is 78.8 Å². The van der Waals surface area contributed by atoms with Crippen molar-refractivity contribution in [1.82, 2.24) is 4.90 Å². The van der Waals surface area contributed by atoms with Crippen LogP contribution in [-0.2, 0) is 20.8 Å². The molecule has 48 heavy (non-hydrogen) atoms. The van der Waals surface area contributed by atoms with Crippen molar-refractivity contribution in [3.05, 3.63) is 58.7 Å². The van der Waals surface area contributed by atoms with Crippen molar-refractivity contribution in [3.8, 4) is 6.07 Å². The van der Waals surface area contributed by atoms with Gasteiger partial charge in [0.25, 0.3) is 0 Å². The Hall–Kier alpha value is -2.47. The highest BCUT2D eigenvalue weighted by Crippen LogP contribution is 2.69. The van der Waals surface area contributed by atoms with E-state index < -0.39 is 0 Å². The Morgan fingerprint density at radius 3 is 2.44 bits per heavy atom. The molecule has 262 valence electrons. The largest absolute Gasteiger partial charge is 0.377 e. The summed E-state index contributed by atoms with van der Waals surface area (Å²) in [5.74, 6) is 3.14. The Morgan fingerprint density at radius 2 is 1.71 bits per heavy atom. The van der Waals surface area contributed by atoms with Gasteiger partial charge < -0.3 is 28.8 Å². The van der Waals surface area contributed by atoms with Gasteiger partial charge in [-0.2, -0.15) is 5.26 Å². The predicted octanol–water partition coefficient (Wildman–Crippen LogP) is 8.32. The molecule has 4 aliphatic rings. The first kappa shape index (κ1) is 36.8. The maximum absolute atomic E-state index is 9.39. The van der Waals surface area contributed by atoms with E-state index in [-0.39, 0.29) is 29.1 Å². The molecule has 0 aliphatic heterocycles. The summed E-state index contributed by atoms with van der Waals surface area (Å²) in [6.07, 6.45) is 11.1. The highest BCUT2D eigenvalue weighted by Gasteiger charge is 2.66. The van der Waals surface area contributed by atoms with Crippen LogP contribution in [0.2, 0.25) is 0 Å². The van der Waals surface area contributed by atoms with Gasteiger partial charge in [0.2, 0.25) is 13.1 Å². The summed E-state index contributed by atoms with van der Waals surface area (Å²) in [5, 5.41) is 9.39. The summed E-state index contributed by atoms with van der Waals surface area (Å²) in [5.41, 5.74) is 1.60. The van der Waals surface area contributed by atoms with E-state index in [9.17, 15) is 5.26 Å². The zero-order chi connectivity index (χ0) is 34.1. The van der Waals surface area contributed by atoms with Crippen molar-refractivity contribution < 1.29 is 14.2 Å². The van der Waals surface area contributed by atoms with Crippen LogP contribution >= 0.6 is 0 Å². The first-order valence-electron chi connectivity index (χ1n) is 18.9. The molecule has 0 amide bonds. The van der Waals surface area contributed by atoms with Gasteiger partial charge in [-0.25, -0.2) is 13.1 Å². The molecule has 11 atom stereocenters. The van der Waals surface area contributed by atoms with Crippen LogP contribution < -0.4 is 0 Å². The molecule has 0 bridgehead atoms. The zero-order valence-electron chi connectivity index (χ0n) is 30.1. The zero-order valence-corrected chi connectivity index (χ0v) is 30.1. The third-order valence-corrected chi connectivity index (χ3v) is 13.6. The molecule has 4 fully saturated rings. The van der Waals surface area contributed by atoms with E-state index in [1.807, 2.05) is 0 Å². The molecule has 4 aliphatic carbocycles. The van der Waals surface area contributed by atoms with Gasteiger partial charge in [0.1, 0.15) is 13.2 Å². The second-order valence-corrected chi connectivity index (χ2v) is 16.1. The Morgan fingerprint density at radius 1 is 0.958 bits per heavy atom.